The predicted octanol–water partition coefficient (Wildman–Crippen LogP) is 2.57. The molecule has 1 amide bonds. The summed E-state index contributed by atoms with van der Waals surface area (Å²) in [4.78, 5) is 30.0. The summed E-state index contributed by atoms with van der Waals surface area (Å²) < 4.78 is 0. The van der Waals surface area contributed by atoms with E-state index < -0.39 is 0 Å². The number of aromatic nitrogens is 5. The number of likely N-dealkylation sites (N-methyl/N-ethyl adjacent to an activating group) is 1. The number of hydrogen-bond donors (Lipinski definition) is 1. The summed E-state index contributed by atoms with van der Waals surface area (Å²) in [6, 6.07) is 0.284. The van der Waals surface area contributed by atoms with Crippen molar-refractivity contribution < 1.29 is 4.79 Å². The van der Waals surface area contributed by atoms with Crippen LogP contribution in [0.1, 0.15) is 19.8 Å². The molecule has 0 radical (unpaired) electrons. The molecule has 5 rings (SSSR count). The first-order valence-electron chi connectivity index (χ1n) is 8.97. The van der Waals surface area contributed by atoms with Crippen LogP contribution in [0.25, 0.3) is 22.1 Å². The van der Waals surface area contributed by atoms with Crippen LogP contribution in [0.2, 0.25) is 0 Å². The number of aromatic amines is 1. The summed E-state index contributed by atoms with van der Waals surface area (Å²) in [5, 5.41) is 9.94. The average molecular weight is 381 g/mol. The number of nitrogens with zero attached hydrogens (tertiary/aromatic N) is 6. The Morgan fingerprint density at radius 1 is 1.30 bits per heavy atom. The molecule has 1 aliphatic heterocycles. The van der Waals surface area contributed by atoms with Crippen LogP contribution < -0.4 is 9.80 Å². The second-order valence-electron chi connectivity index (χ2n) is 7.06. The number of thiazole rings is 1. The molecule has 4 heterocycles. The molecule has 0 saturated heterocycles. The lowest BCUT2D eigenvalue weighted by Gasteiger charge is -2.38. The zero-order chi connectivity index (χ0) is 18.5. The van der Waals surface area contributed by atoms with Crippen LogP contribution in [0, 0.1) is 5.92 Å². The molecular formula is C18H19N7OS. The van der Waals surface area contributed by atoms with Crippen molar-refractivity contribution in [1.29, 1.82) is 0 Å². The van der Waals surface area contributed by atoms with Gasteiger partial charge >= 0.3 is 0 Å². The van der Waals surface area contributed by atoms with Crippen molar-refractivity contribution in [1.82, 2.24) is 25.1 Å². The van der Waals surface area contributed by atoms with E-state index in [1.165, 1.54) is 24.2 Å². The van der Waals surface area contributed by atoms with E-state index in [1.54, 1.807) is 30.5 Å². The quantitative estimate of drug-likeness (QED) is 0.747. The molecule has 1 fully saturated rings. The SMILES string of the molecule is CC(C1CC1)N1CC(=O)N(C)c2cnc(-c3cn[nH]c3-c3nccs3)nc21. The van der Waals surface area contributed by atoms with Crippen LogP contribution in [0.4, 0.5) is 11.5 Å². The molecule has 3 aromatic rings. The highest BCUT2D eigenvalue weighted by Crippen LogP contribution is 2.41. The lowest BCUT2D eigenvalue weighted by Crippen LogP contribution is -2.48. The van der Waals surface area contributed by atoms with Gasteiger partial charge in [0.2, 0.25) is 5.91 Å². The van der Waals surface area contributed by atoms with Crippen molar-refractivity contribution in [3.63, 3.8) is 0 Å². The fourth-order valence-corrected chi connectivity index (χ4v) is 4.19. The first kappa shape index (κ1) is 16.4. The minimum Gasteiger partial charge on any atom is -0.342 e. The van der Waals surface area contributed by atoms with Crippen LogP contribution in [0.3, 0.4) is 0 Å². The summed E-state index contributed by atoms with van der Waals surface area (Å²) in [5.41, 5.74) is 2.38. The van der Waals surface area contributed by atoms with Gasteiger partial charge in [-0.25, -0.2) is 15.0 Å². The Morgan fingerprint density at radius 2 is 2.15 bits per heavy atom. The number of H-pyrrole nitrogens is 1. The molecule has 138 valence electrons. The smallest absolute Gasteiger partial charge is 0.246 e. The maximum atomic E-state index is 12.4. The largest absolute Gasteiger partial charge is 0.342 e. The third-order valence-corrected chi connectivity index (χ3v) is 6.18. The lowest BCUT2D eigenvalue weighted by atomic mass is 10.1. The third kappa shape index (κ3) is 2.69. The van der Waals surface area contributed by atoms with Gasteiger partial charge in [-0.05, 0) is 25.7 Å². The molecule has 0 bridgehead atoms. The van der Waals surface area contributed by atoms with Crippen LogP contribution in [0.5, 0.6) is 0 Å². The van der Waals surface area contributed by atoms with E-state index in [2.05, 4.69) is 32.0 Å². The normalized spacial score (nSPS) is 17.9. The van der Waals surface area contributed by atoms with Crippen LogP contribution in [-0.4, -0.2) is 50.7 Å². The number of carbonyl (C=O) groups excluding carboxylic acids is 1. The van der Waals surface area contributed by atoms with E-state index >= 15 is 0 Å². The Balaban J connectivity index is 1.60. The van der Waals surface area contributed by atoms with Gasteiger partial charge in [-0.15, -0.1) is 11.3 Å². The Bertz CT molecular complexity index is 995. The molecule has 1 saturated carbocycles. The molecular weight excluding hydrogens is 362 g/mol. The average Bonchev–Trinajstić information content (AvgIpc) is 3.18. The minimum atomic E-state index is 0.0677. The van der Waals surface area contributed by atoms with Gasteiger partial charge in [0.15, 0.2) is 11.6 Å². The van der Waals surface area contributed by atoms with Gasteiger partial charge in [0, 0.05) is 24.7 Å². The van der Waals surface area contributed by atoms with Crippen molar-refractivity contribution in [3.8, 4) is 22.1 Å². The van der Waals surface area contributed by atoms with Gasteiger partial charge in [-0.1, -0.05) is 0 Å². The Kier molecular flexibility index (Phi) is 3.71. The van der Waals surface area contributed by atoms with Crippen molar-refractivity contribution in [3.05, 3.63) is 24.0 Å². The number of carbonyl (C=O) groups is 1. The molecule has 3 aromatic heterocycles. The Morgan fingerprint density at radius 3 is 2.89 bits per heavy atom. The molecule has 0 spiro atoms. The number of anilines is 2. The second-order valence-corrected chi connectivity index (χ2v) is 7.95. The highest BCUT2D eigenvalue weighted by atomic mass is 32.1. The van der Waals surface area contributed by atoms with Crippen molar-refractivity contribution in [2.75, 3.05) is 23.4 Å². The van der Waals surface area contributed by atoms with Gasteiger partial charge in [-0.2, -0.15) is 5.10 Å². The van der Waals surface area contributed by atoms with Gasteiger partial charge < -0.3 is 9.80 Å². The second kappa shape index (κ2) is 6.12. The number of fused-ring (bicyclic) bond motifs is 1. The van der Waals surface area contributed by atoms with Gasteiger partial charge in [-0.3, -0.25) is 9.89 Å². The standard InChI is InChI=1S/C18H19N7OS/c1-10(11-3-4-11)25-9-14(26)24(2)13-8-20-16(22-17(13)25)12-7-21-23-15(12)18-19-5-6-27-18/h5-8,10-11H,3-4,9H2,1-2H3,(H,21,23). The molecule has 1 unspecified atom stereocenters. The first-order valence-corrected chi connectivity index (χ1v) is 9.85. The zero-order valence-corrected chi connectivity index (χ0v) is 15.9. The lowest BCUT2D eigenvalue weighted by molar-refractivity contribution is -0.117. The maximum Gasteiger partial charge on any atom is 0.246 e. The molecule has 1 atom stereocenters. The fourth-order valence-electron chi connectivity index (χ4n) is 3.54. The van der Waals surface area contributed by atoms with Crippen molar-refractivity contribution >= 4 is 28.7 Å². The molecule has 8 nitrogen and oxygen atoms in total. The van der Waals surface area contributed by atoms with E-state index in [4.69, 9.17) is 4.98 Å². The molecule has 9 heteroatoms. The third-order valence-electron chi connectivity index (χ3n) is 5.39. The van der Waals surface area contributed by atoms with Crippen LogP contribution in [-0.2, 0) is 4.79 Å². The number of nitrogens with one attached hydrogen (secondary N) is 1. The summed E-state index contributed by atoms with van der Waals surface area (Å²) in [5.74, 6) is 2.10. The molecule has 1 N–H and O–H groups in total. The van der Waals surface area contributed by atoms with Gasteiger partial charge in [0.05, 0.1) is 24.5 Å². The van der Waals surface area contributed by atoms with Crippen LogP contribution >= 0.6 is 11.3 Å². The number of amides is 1. The topological polar surface area (TPSA) is 90.9 Å². The van der Waals surface area contributed by atoms with E-state index in [1.807, 2.05) is 5.38 Å². The van der Waals surface area contributed by atoms with Gasteiger partial charge in [0.1, 0.15) is 16.4 Å². The number of rotatable bonds is 4. The molecule has 1 aliphatic carbocycles. The molecule has 0 aromatic carbocycles. The summed E-state index contributed by atoms with van der Waals surface area (Å²) >= 11 is 1.54. The van der Waals surface area contributed by atoms with Crippen LogP contribution in [0.15, 0.2) is 24.0 Å². The fraction of sp³-hybridized carbons (Fsp3) is 0.389. The monoisotopic (exact) mass is 381 g/mol. The summed E-state index contributed by atoms with van der Waals surface area (Å²) in [6.45, 7) is 2.53. The minimum absolute atomic E-state index is 0.0677. The van der Waals surface area contributed by atoms with Crippen molar-refractivity contribution in [2.24, 2.45) is 5.92 Å². The van der Waals surface area contributed by atoms with E-state index in [0.29, 0.717) is 18.3 Å². The van der Waals surface area contributed by atoms with Crippen molar-refractivity contribution in [2.45, 2.75) is 25.8 Å². The molecule has 27 heavy (non-hydrogen) atoms. The van der Waals surface area contributed by atoms with E-state index in [0.717, 1.165) is 27.8 Å². The van der Waals surface area contributed by atoms with Gasteiger partial charge in [0.25, 0.3) is 0 Å². The predicted molar refractivity (Wildman–Crippen MR) is 104 cm³/mol. The molecule has 2 aliphatic rings. The summed E-state index contributed by atoms with van der Waals surface area (Å²) in [6.07, 6.45) is 7.65. The first-order chi connectivity index (χ1) is 13.1. The highest BCUT2D eigenvalue weighted by molar-refractivity contribution is 7.13. The maximum absolute atomic E-state index is 12.4. The van der Waals surface area contributed by atoms with E-state index in [-0.39, 0.29) is 11.9 Å². The zero-order valence-electron chi connectivity index (χ0n) is 15.1. The highest BCUT2D eigenvalue weighted by Gasteiger charge is 2.38. The Hall–Kier alpha value is -2.81. The number of hydrogen-bond acceptors (Lipinski definition) is 7. The van der Waals surface area contributed by atoms with E-state index in [9.17, 15) is 4.79 Å². The Labute approximate surface area is 160 Å². The summed E-state index contributed by atoms with van der Waals surface area (Å²) in [7, 11) is 1.78.